The Kier molecular flexibility index (Phi) is 6.45. The van der Waals surface area contributed by atoms with Crippen LogP contribution in [0, 0.1) is 0 Å². The number of rotatable bonds is 6. The van der Waals surface area contributed by atoms with Crippen molar-refractivity contribution in [2.45, 2.75) is 26.7 Å². The lowest BCUT2D eigenvalue weighted by atomic mass is 10.3. The number of hydrogen-bond donors (Lipinski definition) is 0. The molecule has 4 heteroatoms. The van der Waals surface area contributed by atoms with E-state index in [0.717, 1.165) is 25.0 Å². The molecule has 0 aliphatic rings. The SMILES string of the molecule is CCCN(CCC)C(=O)C=CC(=O)[O-]. The smallest absolute Gasteiger partial charge is 0.246 e. The molecule has 0 aliphatic heterocycles. The van der Waals surface area contributed by atoms with Crippen molar-refractivity contribution < 1.29 is 14.7 Å². The van der Waals surface area contributed by atoms with Crippen LogP contribution in [0.3, 0.4) is 0 Å². The van der Waals surface area contributed by atoms with E-state index in [-0.39, 0.29) is 5.91 Å². The average molecular weight is 198 g/mol. The summed E-state index contributed by atoms with van der Waals surface area (Å²) in [5.74, 6) is -1.61. The first-order valence-corrected chi connectivity index (χ1v) is 4.79. The fourth-order valence-electron chi connectivity index (χ4n) is 1.12. The van der Waals surface area contributed by atoms with Crippen molar-refractivity contribution >= 4 is 11.9 Å². The quantitative estimate of drug-likeness (QED) is 0.562. The summed E-state index contributed by atoms with van der Waals surface area (Å²) < 4.78 is 0. The van der Waals surface area contributed by atoms with E-state index in [1.54, 1.807) is 4.90 Å². The van der Waals surface area contributed by atoms with E-state index in [4.69, 9.17) is 0 Å². The van der Waals surface area contributed by atoms with E-state index < -0.39 is 5.97 Å². The van der Waals surface area contributed by atoms with Gasteiger partial charge in [0.15, 0.2) is 0 Å². The highest BCUT2D eigenvalue weighted by atomic mass is 16.4. The Morgan fingerprint density at radius 2 is 1.64 bits per heavy atom. The summed E-state index contributed by atoms with van der Waals surface area (Å²) in [6.45, 7) is 5.25. The summed E-state index contributed by atoms with van der Waals surface area (Å²) in [5.41, 5.74) is 0. The second-order valence-electron chi connectivity index (χ2n) is 2.98. The molecule has 0 saturated carbocycles. The summed E-state index contributed by atoms with van der Waals surface area (Å²) in [7, 11) is 0. The fourth-order valence-corrected chi connectivity index (χ4v) is 1.12. The lowest BCUT2D eigenvalue weighted by Gasteiger charge is -2.19. The Morgan fingerprint density at radius 3 is 2.00 bits per heavy atom. The van der Waals surface area contributed by atoms with Crippen LogP contribution >= 0.6 is 0 Å². The maximum atomic E-state index is 11.4. The van der Waals surface area contributed by atoms with Crippen LogP contribution < -0.4 is 5.11 Å². The Labute approximate surface area is 84.2 Å². The second kappa shape index (κ2) is 7.12. The minimum atomic E-state index is -1.34. The summed E-state index contributed by atoms with van der Waals surface area (Å²) in [6.07, 6.45) is 3.54. The highest BCUT2D eigenvalue weighted by molar-refractivity contribution is 5.93. The highest BCUT2D eigenvalue weighted by Crippen LogP contribution is 1.96. The van der Waals surface area contributed by atoms with Crippen LogP contribution in [0.4, 0.5) is 0 Å². The number of hydrogen-bond acceptors (Lipinski definition) is 3. The molecular weight excluding hydrogens is 182 g/mol. The van der Waals surface area contributed by atoms with E-state index in [1.165, 1.54) is 0 Å². The number of amides is 1. The van der Waals surface area contributed by atoms with Gasteiger partial charge in [0, 0.05) is 19.2 Å². The van der Waals surface area contributed by atoms with Gasteiger partial charge in [-0.1, -0.05) is 13.8 Å². The minimum absolute atomic E-state index is 0.266. The molecule has 0 unspecified atom stereocenters. The lowest BCUT2D eigenvalue weighted by Crippen LogP contribution is -2.31. The normalized spacial score (nSPS) is 10.4. The molecule has 0 atom stereocenters. The van der Waals surface area contributed by atoms with Crippen LogP contribution in [0.5, 0.6) is 0 Å². The maximum absolute atomic E-state index is 11.4. The van der Waals surface area contributed by atoms with Crippen molar-refractivity contribution in [2.75, 3.05) is 13.1 Å². The van der Waals surface area contributed by atoms with Crippen LogP contribution in [0.2, 0.25) is 0 Å². The molecule has 1 amide bonds. The van der Waals surface area contributed by atoms with Crippen LogP contribution in [-0.2, 0) is 9.59 Å². The molecular formula is C10H16NO3-. The highest BCUT2D eigenvalue weighted by Gasteiger charge is 2.07. The maximum Gasteiger partial charge on any atom is 0.246 e. The molecule has 0 spiro atoms. The number of carboxylic acids is 1. The van der Waals surface area contributed by atoms with Crippen molar-refractivity contribution in [1.29, 1.82) is 0 Å². The number of aliphatic carboxylic acids is 1. The largest absolute Gasteiger partial charge is 0.545 e. The number of carbonyl (C=O) groups excluding carboxylic acids is 2. The Hall–Kier alpha value is -1.32. The van der Waals surface area contributed by atoms with Gasteiger partial charge in [0.05, 0.1) is 5.97 Å². The van der Waals surface area contributed by atoms with E-state index in [9.17, 15) is 14.7 Å². The van der Waals surface area contributed by atoms with Gasteiger partial charge in [-0.15, -0.1) is 0 Å². The summed E-state index contributed by atoms with van der Waals surface area (Å²) in [6, 6.07) is 0. The summed E-state index contributed by atoms with van der Waals surface area (Å²) >= 11 is 0. The number of carbonyl (C=O) groups is 2. The zero-order chi connectivity index (χ0) is 11.0. The summed E-state index contributed by atoms with van der Waals surface area (Å²) in [4.78, 5) is 23.1. The van der Waals surface area contributed by atoms with Gasteiger partial charge in [0.2, 0.25) is 5.91 Å². The van der Waals surface area contributed by atoms with Crippen molar-refractivity contribution in [3.05, 3.63) is 12.2 Å². The minimum Gasteiger partial charge on any atom is -0.545 e. The molecule has 0 aliphatic carbocycles. The van der Waals surface area contributed by atoms with Gasteiger partial charge in [0.1, 0.15) is 0 Å². The molecule has 0 rings (SSSR count). The zero-order valence-electron chi connectivity index (χ0n) is 8.66. The number of nitrogens with zero attached hydrogens (tertiary/aromatic N) is 1. The average Bonchev–Trinajstić information content (AvgIpc) is 2.14. The molecule has 0 N–H and O–H groups in total. The van der Waals surface area contributed by atoms with Crippen LogP contribution in [0.15, 0.2) is 12.2 Å². The van der Waals surface area contributed by atoms with Gasteiger partial charge in [0.25, 0.3) is 0 Å². The monoisotopic (exact) mass is 198 g/mol. The lowest BCUT2D eigenvalue weighted by molar-refractivity contribution is -0.297. The van der Waals surface area contributed by atoms with E-state index >= 15 is 0 Å². The van der Waals surface area contributed by atoms with Crippen LogP contribution in [0.1, 0.15) is 26.7 Å². The van der Waals surface area contributed by atoms with Gasteiger partial charge in [-0.2, -0.15) is 0 Å². The van der Waals surface area contributed by atoms with Crippen LogP contribution in [-0.4, -0.2) is 29.9 Å². The van der Waals surface area contributed by atoms with Gasteiger partial charge in [-0.25, -0.2) is 0 Å². The Balaban J connectivity index is 4.20. The molecule has 0 saturated heterocycles. The van der Waals surface area contributed by atoms with Crippen LogP contribution in [0.25, 0.3) is 0 Å². The van der Waals surface area contributed by atoms with E-state index in [2.05, 4.69) is 0 Å². The standard InChI is InChI=1S/C10H17NO3/c1-3-7-11(8-4-2)9(12)5-6-10(13)14/h5-6H,3-4,7-8H2,1-2H3,(H,13,14)/p-1. The Morgan fingerprint density at radius 1 is 1.14 bits per heavy atom. The molecule has 0 bridgehead atoms. The second-order valence-corrected chi connectivity index (χ2v) is 2.98. The first-order chi connectivity index (χ1) is 6.61. The zero-order valence-corrected chi connectivity index (χ0v) is 8.66. The number of carboxylic acid groups (broad SMARTS) is 1. The van der Waals surface area contributed by atoms with Gasteiger partial charge >= 0.3 is 0 Å². The first kappa shape index (κ1) is 12.7. The van der Waals surface area contributed by atoms with Gasteiger partial charge < -0.3 is 14.8 Å². The third kappa shape index (κ3) is 5.35. The molecule has 0 aromatic heterocycles. The Bertz CT molecular complexity index is 217. The van der Waals surface area contributed by atoms with E-state index in [0.29, 0.717) is 13.1 Å². The predicted octanol–water partition coefficient (Wildman–Crippen LogP) is -0.0589. The fraction of sp³-hybridized carbons (Fsp3) is 0.600. The molecule has 0 heterocycles. The van der Waals surface area contributed by atoms with Gasteiger partial charge in [-0.05, 0) is 18.9 Å². The van der Waals surface area contributed by atoms with Crippen molar-refractivity contribution in [2.24, 2.45) is 0 Å². The van der Waals surface area contributed by atoms with Crippen molar-refractivity contribution in [1.82, 2.24) is 4.90 Å². The third-order valence-corrected chi connectivity index (χ3v) is 1.66. The molecule has 4 nitrogen and oxygen atoms in total. The molecule has 0 aromatic rings. The van der Waals surface area contributed by atoms with E-state index in [1.807, 2.05) is 13.8 Å². The van der Waals surface area contributed by atoms with Crippen molar-refractivity contribution in [3.63, 3.8) is 0 Å². The predicted molar refractivity (Wildman–Crippen MR) is 51.3 cm³/mol. The molecule has 80 valence electrons. The molecule has 0 aromatic carbocycles. The van der Waals surface area contributed by atoms with Crippen molar-refractivity contribution in [3.8, 4) is 0 Å². The third-order valence-electron chi connectivity index (χ3n) is 1.66. The first-order valence-electron chi connectivity index (χ1n) is 4.79. The molecule has 0 radical (unpaired) electrons. The molecule has 0 fully saturated rings. The topological polar surface area (TPSA) is 60.4 Å². The summed E-state index contributed by atoms with van der Waals surface area (Å²) in [5, 5.41) is 10.1. The van der Waals surface area contributed by atoms with Gasteiger partial charge in [-0.3, -0.25) is 4.79 Å². The molecule has 14 heavy (non-hydrogen) atoms.